The van der Waals surface area contributed by atoms with E-state index in [4.69, 9.17) is 17.2 Å². The molecule has 1 unspecified atom stereocenters. The van der Waals surface area contributed by atoms with Gasteiger partial charge in [0, 0.05) is 0 Å². The Labute approximate surface area is 232 Å². The average Bonchev–Trinajstić information content (AvgIpc) is 3.57. The van der Waals surface area contributed by atoms with Gasteiger partial charge < -0.3 is 0 Å². The van der Waals surface area contributed by atoms with Crippen molar-refractivity contribution in [1.82, 2.24) is 0 Å². The predicted molar refractivity (Wildman–Crippen MR) is 160 cm³/mol. The zero-order chi connectivity index (χ0) is 25.8. The molecule has 0 aliphatic heterocycles. The Bertz CT molecular complexity index is 1750. The van der Waals surface area contributed by atoms with E-state index in [1.54, 1.807) is 0 Å². The molecular weight excluding hydrogens is 670 g/mol. The molecule has 0 fully saturated rings. The second-order valence-corrected chi connectivity index (χ2v) is 38.5. The second-order valence-electron chi connectivity index (χ2n) is 10.3. The van der Waals surface area contributed by atoms with Gasteiger partial charge in [-0.25, -0.2) is 0 Å². The maximum atomic E-state index is 8.51. The second kappa shape index (κ2) is 9.12. The van der Waals surface area contributed by atoms with Crippen LogP contribution in [0.15, 0.2) is 133 Å². The number of halogens is 2. The Morgan fingerprint density at radius 1 is 0.605 bits per heavy atom. The van der Waals surface area contributed by atoms with Gasteiger partial charge in [0.05, 0.1) is 0 Å². The number of hydrogen-bond acceptors (Lipinski definition) is 0. The molecule has 2 aliphatic rings. The van der Waals surface area contributed by atoms with Gasteiger partial charge in [-0.2, -0.15) is 0 Å². The Morgan fingerprint density at radius 2 is 1.21 bits per heavy atom. The summed E-state index contributed by atoms with van der Waals surface area (Å²) < 4.78 is 2.19. The summed E-state index contributed by atoms with van der Waals surface area (Å²) in [7, 11) is 17.0. The molecular formula is C35H26Cl2Hf. The fraction of sp³-hybridized carbons (Fsp3) is 0.0571. The summed E-state index contributed by atoms with van der Waals surface area (Å²) in [5.41, 5.74) is 9.82. The first-order valence-corrected chi connectivity index (χ1v) is 27.7. The number of fused-ring (bicyclic) bond motifs is 4. The molecule has 1 atom stereocenters. The van der Waals surface area contributed by atoms with Crippen molar-refractivity contribution in [2.75, 3.05) is 0 Å². The van der Waals surface area contributed by atoms with Crippen LogP contribution >= 0.6 is 17.2 Å². The van der Waals surface area contributed by atoms with Crippen molar-refractivity contribution in [2.45, 2.75) is 10.1 Å². The molecule has 184 valence electrons. The van der Waals surface area contributed by atoms with Crippen molar-refractivity contribution in [2.24, 2.45) is 0 Å². The molecule has 0 saturated heterocycles. The van der Waals surface area contributed by atoms with E-state index < -0.39 is 15.7 Å². The van der Waals surface area contributed by atoms with E-state index in [-0.39, 0.29) is 3.67 Å². The summed E-state index contributed by atoms with van der Waals surface area (Å²) in [5, 5.41) is 0. The standard InChI is InChI=1S/C13H9.C13H10.C9H7.2ClH.Hf/c1-3-7-12-10(5-1)9-11-6-2-4-8-13(11)12;1-3-7-12(8-4-1)11-13-9-5-2-6-10-13;1-2-5-9-7-3-6-8(9)4-1;;;/h1-5,7-8H,9H2;1-10H;1-7H;2*1H;/q;;;;;+2/p-2. The van der Waals surface area contributed by atoms with E-state index in [9.17, 15) is 0 Å². The van der Waals surface area contributed by atoms with E-state index in [2.05, 4.69) is 140 Å². The van der Waals surface area contributed by atoms with Gasteiger partial charge in [0.15, 0.2) is 0 Å². The molecule has 0 saturated carbocycles. The Balaban J connectivity index is 1.67. The first kappa shape index (κ1) is 24.2. The fourth-order valence-electron chi connectivity index (χ4n) is 6.64. The third-order valence-electron chi connectivity index (χ3n) is 8.27. The molecule has 3 heteroatoms. The monoisotopic (exact) mass is 696 g/mol. The van der Waals surface area contributed by atoms with Crippen molar-refractivity contribution in [3.05, 3.63) is 167 Å². The molecule has 0 radical (unpaired) electrons. The molecule has 38 heavy (non-hydrogen) atoms. The molecule has 2 aliphatic carbocycles. The van der Waals surface area contributed by atoms with E-state index >= 15 is 0 Å². The van der Waals surface area contributed by atoms with Gasteiger partial charge in [-0.05, 0) is 0 Å². The zero-order valence-corrected chi connectivity index (χ0v) is 25.9. The van der Waals surface area contributed by atoms with Crippen LogP contribution in [0.3, 0.4) is 0 Å². The summed E-state index contributed by atoms with van der Waals surface area (Å²) in [6.07, 6.45) is 5.35. The molecule has 0 nitrogen and oxygen atoms in total. The molecule has 5 aromatic rings. The maximum absolute atomic E-state index is 8.51. The first-order chi connectivity index (χ1) is 18.6. The van der Waals surface area contributed by atoms with Gasteiger partial charge in [-0.15, -0.1) is 0 Å². The van der Waals surface area contributed by atoms with Gasteiger partial charge in [-0.3, -0.25) is 0 Å². The minimum absolute atomic E-state index is 0.0860. The van der Waals surface area contributed by atoms with E-state index in [0.717, 1.165) is 24.1 Å². The molecule has 0 heterocycles. The van der Waals surface area contributed by atoms with Crippen LogP contribution in [0.4, 0.5) is 0 Å². The summed E-state index contributed by atoms with van der Waals surface area (Å²) in [5.74, 6) is 0. The van der Waals surface area contributed by atoms with E-state index in [0.29, 0.717) is 0 Å². The SMILES string of the molecule is [Cl][Hf]([Cl])(=[C](c1ccccc1)c1ccccc1)([c]1cccc2c1Cc1ccccc1-2)[CH]1C=Cc2ccccc21. The number of hydrogen-bond donors (Lipinski definition) is 0. The number of rotatable bonds is 4. The topological polar surface area (TPSA) is 0 Å². The van der Waals surface area contributed by atoms with Crippen LogP contribution in [0, 0.1) is 0 Å². The Hall–Kier alpha value is -2.84. The molecule has 0 aromatic heterocycles. The third-order valence-corrected chi connectivity index (χ3v) is 34.9. The zero-order valence-electron chi connectivity index (χ0n) is 20.8. The molecule has 0 spiro atoms. The summed E-state index contributed by atoms with van der Waals surface area (Å²) in [6.45, 7) is 0. The van der Waals surface area contributed by atoms with Crippen LogP contribution in [0.5, 0.6) is 0 Å². The van der Waals surface area contributed by atoms with Crippen LogP contribution in [-0.2, 0) is 22.1 Å². The van der Waals surface area contributed by atoms with E-state index in [1.165, 1.54) is 33.4 Å². The molecule has 0 N–H and O–H groups in total. The number of benzene rings is 5. The van der Waals surface area contributed by atoms with Crippen molar-refractivity contribution < 1.29 is 15.7 Å². The minimum atomic E-state index is -5.46. The van der Waals surface area contributed by atoms with Crippen molar-refractivity contribution in [3.63, 3.8) is 0 Å². The van der Waals surface area contributed by atoms with Gasteiger partial charge in [0.2, 0.25) is 0 Å². The van der Waals surface area contributed by atoms with Crippen molar-refractivity contribution in [1.29, 1.82) is 0 Å². The Morgan fingerprint density at radius 3 is 1.95 bits per heavy atom. The summed E-state index contributed by atoms with van der Waals surface area (Å²) >= 11 is -5.46. The molecule has 0 amide bonds. The number of allylic oxidation sites excluding steroid dienone is 1. The van der Waals surface area contributed by atoms with Gasteiger partial charge in [0.1, 0.15) is 0 Å². The Kier molecular flexibility index (Phi) is 5.82. The van der Waals surface area contributed by atoms with Crippen molar-refractivity contribution in [3.8, 4) is 11.1 Å². The van der Waals surface area contributed by atoms with E-state index in [1.807, 2.05) is 0 Å². The molecule has 5 aromatic carbocycles. The molecule has 0 bridgehead atoms. The van der Waals surface area contributed by atoms with Crippen LogP contribution in [0.25, 0.3) is 17.2 Å². The van der Waals surface area contributed by atoms with Crippen molar-refractivity contribution >= 4 is 29.8 Å². The van der Waals surface area contributed by atoms with Gasteiger partial charge in [0.25, 0.3) is 0 Å². The third kappa shape index (κ3) is 3.56. The van der Waals surface area contributed by atoms with Gasteiger partial charge in [-0.1, -0.05) is 0 Å². The summed E-state index contributed by atoms with van der Waals surface area (Å²) in [4.78, 5) is 0. The van der Waals surface area contributed by atoms with Crippen LogP contribution in [-0.4, -0.2) is 3.26 Å². The van der Waals surface area contributed by atoms with Crippen LogP contribution in [0.2, 0.25) is 0 Å². The quantitative estimate of drug-likeness (QED) is 0.162. The fourth-order valence-corrected chi connectivity index (χ4v) is 33.2. The summed E-state index contributed by atoms with van der Waals surface area (Å²) in [6, 6.07) is 45.1. The van der Waals surface area contributed by atoms with Gasteiger partial charge >= 0.3 is 234 Å². The normalized spacial score (nSPS) is 15.6. The average molecular weight is 696 g/mol. The van der Waals surface area contributed by atoms with Crippen LogP contribution < -0.4 is 3.32 Å². The predicted octanol–water partition coefficient (Wildman–Crippen LogP) is 8.92. The first-order valence-electron chi connectivity index (χ1n) is 13.1. The van der Waals surface area contributed by atoms with Crippen LogP contribution in [0.1, 0.15) is 37.1 Å². The molecule has 7 rings (SSSR count).